The highest BCUT2D eigenvalue weighted by Crippen LogP contribution is 2.26. The Morgan fingerprint density at radius 1 is 1.38 bits per heavy atom. The molecule has 0 saturated carbocycles. The number of rotatable bonds is 6. The molecule has 9 heteroatoms. The summed E-state index contributed by atoms with van der Waals surface area (Å²) in [5.41, 5.74) is -0.0599. The molecule has 1 atom stereocenters. The number of non-ortho nitro benzene ring substituents is 1. The maximum absolute atomic E-state index is 12.5. The van der Waals surface area contributed by atoms with Crippen molar-refractivity contribution in [2.24, 2.45) is 0 Å². The maximum atomic E-state index is 12.5. The van der Waals surface area contributed by atoms with Crippen molar-refractivity contribution in [3.63, 3.8) is 0 Å². The van der Waals surface area contributed by atoms with Crippen molar-refractivity contribution in [3.8, 4) is 0 Å². The van der Waals surface area contributed by atoms with Crippen LogP contribution in [0.3, 0.4) is 0 Å². The molecular weight excluding hydrogens is 378 g/mol. The molecule has 2 heterocycles. The van der Waals surface area contributed by atoms with Crippen molar-refractivity contribution in [2.45, 2.75) is 6.04 Å². The van der Waals surface area contributed by atoms with Gasteiger partial charge >= 0.3 is 0 Å². The van der Waals surface area contributed by atoms with E-state index in [0.717, 1.165) is 18.0 Å². The third-order valence-corrected chi connectivity index (χ3v) is 5.52. The Kier molecular flexibility index (Phi) is 6.20. The summed E-state index contributed by atoms with van der Waals surface area (Å²) in [7, 11) is 0. The van der Waals surface area contributed by atoms with Crippen LogP contribution in [0.25, 0.3) is 0 Å². The predicted octanol–water partition coefficient (Wildman–Crippen LogP) is 3.11. The number of hydrogen-bond donors (Lipinski definition) is 1. The second-order valence-corrected chi connectivity index (χ2v) is 7.20. The first kappa shape index (κ1) is 18.8. The highest BCUT2D eigenvalue weighted by molar-refractivity contribution is 7.10. The first-order chi connectivity index (χ1) is 12.6. The summed E-state index contributed by atoms with van der Waals surface area (Å²) in [4.78, 5) is 26.3. The number of nitrogens with zero attached hydrogens (tertiary/aromatic N) is 2. The van der Waals surface area contributed by atoms with Gasteiger partial charge in [-0.25, -0.2) is 0 Å². The van der Waals surface area contributed by atoms with Crippen LogP contribution in [-0.2, 0) is 4.74 Å². The van der Waals surface area contributed by atoms with Gasteiger partial charge in [0.25, 0.3) is 11.6 Å². The minimum absolute atomic E-state index is 0.0281. The first-order valence-electron chi connectivity index (χ1n) is 8.13. The molecule has 0 unspecified atom stereocenters. The molecule has 138 valence electrons. The Morgan fingerprint density at radius 3 is 2.81 bits per heavy atom. The van der Waals surface area contributed by atoms with Crippen molar-refractivity contribution in [1.82, 2.24) is 10.2 Å². The van der Waals surface area contributed by atoms with Gasteiger partial charge in [-0.1, -0.05) is 17.7 Å². The average Bonchev–Trinajstić information content (AvgIpc) is 3.17. The van der Waals surface area contributed by atoms with Gasteiger partial charge in [0, 0.05) is 36.6 Å². The quantitative estimate of drug-likeness (QED) is 0.600. The summed E-state index contributed by atoms with van der Waals surface area (Å²) in [6.45, 7) is 3.28. The maximum Gasteiger partial charge on any atom is 0.270 e. The Hall–Kier alpha value is -2.00. The van der Waals surface area contributed by atoms with Gasteiger partial charge in [-0.15, -0.1) is 11.3 Å². The zero-order valence-electron chi connectivity index (χ0n) is 13.9. The van der Waals surface area contributed by atoms with E-state index in [9.17, 15) is 14.9 Å². The molecular formula is C17H18ClN3O4S. The van der Waals surface area contributed by atoms with E-state index in [4.69, 9.17) is 16.3 Å². The number of ether oxygens (including phenoxy) is 1. The Labute approximate surface area is 159 Å². The number of carbonyl (C=O) groups is 1. The van der Waals surface area contributed by atoms with Crippen LogP contribution >= 0.6 is 22.9 Å². The number of amides is 1. The summed E-state index contributed by atoms with van der Waals surface area (Å²) in [5.74, 6) is -0.423. The molecule has 1 aromatic heterocycles. The van der Waals surface area contributed by atoms with Crippen molar-refractivity contribution in [3.05, 3.63) is 61.3 Å². The summed E-state index contributed by atoms with van der Waals surface area (Å²) < 4.78 is 5.41. The van der Waals surface area contributed by atoms with Gasteiger partial charge in [0.05, 0.1) is 34.8 Å². The minimum Gasteiger partial charge on any atom is -0.379 e. The minimum atomic E-state index is -0.546. The molecule has 26 heavy (non-hydrogen) atoms. The molecule has 0 aliphatic carbocycles. The van der Waals surface area contributed by atoms with Crippen molar-refractivity contribution < 1.29 is 14.5 Å². The van der Waals surface area contributed by atoms with Gasteiger partial charge in [0.1, 0.15) is 0 Å². The largest absolute Gasteiger partial charge is 0.379 e. The highest BCUT2D eigenvalue weighted by atomic mass is 35.5. The Morgan fingerprint density at radius 2 is 2.15 bits per heavy atom. The van der Waals surface area contributed by atoms with E-state index in [2.05, 4.69) is 10.2 Å². The van der Waals surface area contributed by atoms with Crippen molar-refractivity contribution >= 4 is 34.5 Å². The molecule has 1 fully saturated rings. The Bertz CT molecular complexity index is 778. The van der Waals surface area contributed by atoms with Crippen LogP contribution in [0.4, 0.5) is 5.69 Å². The number of nitro groups is 1. The van der Waals surface area contributed by atoms with Crippen LogP contribution in [0.2, 0.25) is 5.02 Å². The van der Waals surface area contributed by atoms with Gasteiger partial charge in [0.2, 0.25) is 0 Å². The highest BCUT2D eigenvalue weighted by Gasteiger charge is 2.25. The topological polar surface area (TPSA) is 84.7 Å². The molecule has 3 rings (SSSR count). The average molecular weight is 396 g/mol. The first-order valence-corrected chi connectivity index (χ1v) is 9.39. The number of nitro benzene ring substituents is 1. The van der Waals surface area contributed by atoms with Gasteiger partial charge in [0.15, 0.2) is 0 Å². The number of halogens is 1. The number of benzene rings is 1. The zero-order chi connectivity index (χ0) is 18.5. The van der Waals surface area contributed by atoms with Crippen LogP contribution in [0.15, 0.2) is 35.7 Å². The second kappa shape index (κ2) is 8.59. The lowest BCUT2D eigenvalue weighted by Crippen LogP contribution is -2.43. The fourth-order valence-electron chi connectivity index (χ4n) is 2.87. The number of carbonyl (C=O) groups excluding carboxylic acids is 1. The van der Waals surface area contributed by atoms with E-state index in [1.807, 2.05) is 17.5 Å². The van der Waals surface area contributed by atoms with E-state index in [-0.39, 0.29) is 22.3 Å². The second-order valence-electron chi connectivity index (χ2n) is 5.81. The van der Waals surface area contributed by atoms with E-state index >= 15 is 0 Å². The van der Waals surface area contributed by atoms with Crippen molar-refractivity contribution in [1.29, 1.82) is 0 Å². The van der Waals surface area contributed by atoms with Crippen LogP contribution in [0, 0.1) is 10.1 Å². The monoisotopic (exact) mass is 395 g/mol. The van der Waals surface area contributed by atoms with Crippen LogP contribution in [0.5, 0.6) is 0 Å². The number of hydrogen-bond acceptors (Lipinski definition) is 6. The van der Waals surface area contributed by atoms with Crippen molar-refractivity contribution in [2.75, 3.05) is 32.8 Å². The molecule has 0 bridgehead atoms. The van der Waals surface area contributed by atoms with E-state index in [1.165, 1.54) is 18.2 Å². The summed E-state index contributed by atoms with van der Waals surface area (Å²) in [6.07, 6.45) is 0. The van der Waals surface area contributed by atoms with Gasteiger partial charge in [-0.05, 0) is 17.5 Å². The van der Waals surface area contributed by atoms with Gasteiger partial charge in [-0.2, -0.15) is 0 Å². The normalized spacial score (nSPS) is 16.2. The number of thiophene rings is 1. The molecule has 1 N–H and O–H groups in total. The lowest BCUT2D eigenvalue weighted by Gasteiger charge is -2.34. The molecule has 7 nitrogen and oxygen atoms in total. The molecule has 1 saturated heterocycles. The summed E-state index contributed by atoms with van der Waals surface area (Å²) in [5, 5.41) is 16.0. The molecule has 1 aromatic carbocycles. The lowest BCUT2D eigenvalue weighted by molar-refractivity contribution is -0.384. The fourth-order valence-corrected chi connectivity index (χ4v) is 3.93. The summed E-state index contributed by atoms with van der Waals surface area (Å²) in [6, 6.07) is 7.89. The third-order valence-electron chi connectivity index (χ3n) is 4.22. The molecule has 0 radical (unpaired) electrons. The van der Waals surface area contributed by atoms with Gasteiger partial charge in [-0.3, -0.25) is 19.8 Å². The molecule has 0 spiro atoms. The van der Waals surface area contributed by atoms with Crippen LogP contribution in [0.1, 0.15) is 21.3 Å². The zero-order valence-corrected chi connectivity index (χ0v) is 15.5. The third kappa shape index (κ3) is 4.39. The van der Waals surface area contributed by atoms with Crippen LogP contribution < -0.4 is 5.32 Å². The van der Waals surface area contributed by atoms with Crippen LogP contribution in [-0.4, -0.2) is 48.6 Å². The number of nitrogens with one attached hydrogen (secondary N) is 1. The standard InChI is InChI=1S/C17H18ClN3O4S/c18-14-4-3-12(21(23)24)10-13(14)17(22)19-11-15(16-2-1-9-26-16)20-5-7-25-8-6-20/h1-4,9-10,15H,5-8,11H2,(H,19,22)/t15-/m1/s1. The lowest BCUT2D eigenvalue weighted by atomic mass is 10.1. The summed E-state index contributed by atoms with van der Waals surface area (Å²) >= 11 is 7.68. The van der Waals surface area contributed by atoms with Gasteiger partial charge < -0.3 is 10.1 Å². The Balaban J connectivity index is 1.73. The van der Waals surface area contributed by atoms with E-state index in [1.54, 1.807) is 11.3 Å². The van der Waals surface area contributed by atoms with E-state index in [0.29, 0.717) is 19.8 Å². The molecule has 1 aliphatic rings. The SMILES string of the molecule is O=C(NC[C@H](c1cccs1)N1CCOCC1)c1cc([N+](=O)[O-])ccc1Cl. The smallest absolute Gasteiger partial charge is 0.270 e. The van der Waals surface area contributed by atoms with E-state index < -0.39 is 10.8 Å². The molecule has 2 aromatic rings. The molecule has 1 aliphatic heterocycles. The number of morpholine rings is 1. The molecule has 1 amide bonds. The fraction of sp³-hybridized carbons (Fsp3) is 0.353. The predicted molar refractivity (Wildman–Crippen MR) is 99.9 cm³/mol.